The first kappa shape index (κ1) is 12.2. The minimum absolute atomic E-state index is 0.170. The van der Waals surface area contributed by atoms with Crippen LogP contribution in [-0.4, -0.2) is 13.6 Å². The fraction of sp³-hybridized carbons (Fsp3) is 0.333. The van der Waals surface area contributed by atoms with Crippen LogP contribution in [0.25, 0.3) is 6.08 Å². The second-order valence-electron chi connectivity index (χ2n) is 3.33. The average Bonchev–Trinajstić information content (AvgIpc) is 2.24. The van der Waals surface area contributed by atoms with Gasteiger partial charge in [-0.2, -0.15) is 0 Å². The maximum Gasteiger partial charge on any atom is 0.148 e. The highest BCUT2D eigenvalue weighted by molar-refractivity contribution is 6.30. The molecule has 1 N–H and O–H groups in total. The van der Waals surface area contributed by atoms with Crippen molar-refractivity contribution >= 4 is 17.7 Å². The van der Waals surface area contributed by atoms with E-state index in [0.717, 1.165) is 18.5 Å². The SMILES string of the molecule is CC/C(=C/c1cccc(Cl)c1F)CNC. The molecule has 0 amide bonds. The van der Waals surface area contributed by atoms with Crippen LogP contribution in [0.15, 0.2) is 23.8 Å². The lowest BCUT2D eigenvalue weighted by atomic mass is 10.1. The number of likely N-dealkylation sites (N-methyl/N-ethyl adjacent to an activating group) is 1. The highest BCUT2D eigenvalue weighted by Crippen LogP contribution is 2.20. The molecule has 82 valence electrons. The van der Waals surface area contributed by atoms with Gasteiger partial charge in [0.15, 0.2) is 0 Å². The quantitative estimate of drug-likeness (QED) is 0.830. The third-order valence-electron chi connectivity index (χ3n) is 2.20. The van der Waals surface area contributed by atoms with Crippen LogP contribution in [0.5, 0.6) is 0 Å². The third kappa shape index (κ3) is 3.33. The third-order valence-corrected chi connectivity index (χ3v) is 2.49. The topological polar surface area (TPSA) is 12.0 Å². The zero-order chi connectivity index (χ0) is 11.3. The van der Waals surface area contributed by atoms with Crippen molar-refractivity contribution < 1.29 is 4.39 Å². The van der Waals surface area contributed by atoms with E-state index in [0.29, 0.717) is 5.56 Å². The molecule has 0 bridgehead atoms. The molecule has 3 heteroatoms. The van der Waals surface area contributed by atoms with Crippen LogP contribution in [0.4, 0.5) is 4.39 Å². The predicted molar refractivity (Wildman–Crippen MR) is 63.6 cm³/mol. The largest absolute Gasteiger partial charge is 0.316 e. The molecular formula is C12H15ClFN. The summed E-state index contributed by atoms with van der Waals surface area (Å²) >= 11 is 5.70. The summed E-state index contributed by atoms with van der Waals surface area (Å²) in [5.41, 5.74) is 1.70. The molecular weight excluding hydrogens is 213 g/mol. The summed E-state index contributed by atoms with van der Waals surface area (Å²) in [6.45, 7) is 2.81. The van der Waals surface area contributed by atoms with E-state index < -0.39 is 0 Å². The molecule has 1 nitrogen and oxygen atoms in total. The second-order valence-corrected chi connectivity index (χ2v) is 3.74. The zero-order valence-corrected chi connectivity index (χ0v) is 9.74. The van der Waals surface area contributed by atoms with E-state index >= 15 is 0 Å². The highest BCUT2D eigenvalue weighted by Gasteiger charge is 2.04. The second kappa shape index (κ2) is 5.89. The molecule has 0 aromatic heterocycles. The Labute approximate surface area is 95.0 Å². The molecule has 0 radical (unpaired) electrons. The number of hydrogen-bond donors (Lipinski definition) is 1. The molecule has 0 unspecified atom stereocenters. The number of rotatable bonds is 4. The van der Waals surface area contributed by atoms with Gasteiger partial charge in [-0.3, -0.25) is 0 Å². The van der Waals surface area contributed by atoms with Gasteiger partial charge in [0.1, 0.15) is 5.82 Å². The normalized spacial score (nSPS) is 11.9. The lowest BCUT2D eigenvalue weighted by Gasteiger charge is -2.05. The molecule has 0 saturated carbocycles. The van der Waals surface area contributed by atoms with Crippen LogP contribution in [0.2, 0.25) is 5.02 Å². The van der Waals surface area contributed by atoms with Crippen molar-refractivity contribution in [3.63, 3.8) is 0 Å². The Morgan fingerprint density at radius 2 is 2.27 bits per heavy atom. The summed E-state index contributed by atoms with van der Waals surface area (Å²) in [5, 5.41) is 3.22. The van der Waals surface area contributed by atoms with E-state index in [1.165, 1.54) is 0 Å². The van der Waals surface area contributed by atoms with E-state index in [2.05, 4.69) is 5.32 Å². The molecule has 15 heavy (non-hydrogen) atoms. The molecule has 0 aliphatic carbocycles. The van der Waals surface area contributed by atoms with E-state index in [1.807, 2.05) is 20.0 Å². The van der Waals surface area contributed by atoms with Crippen LogP contribution < -0.4 is 5.32 Å². The van der Waals surface area contributed by atoms with Crippen LogP contribution in [-0.2, 0) is 0 Å². The smallest absolute Gasteiger partial charge is 0.148 e. The lowest BCUT2D eigenvalue weighted by molar-refractivity contribution is 0.625. The Morgan fingerprint density at radius 3 is 2.87 bits per heavy atom. The zero-order valence-electron chi connectivity index (χ0n) is 8.98. The Hall–Kier alpha value is -0.860. The predicted octanol–water partition coefficient (Wildman–Crippen LogP) is 3.49. The van der Waals surface area contributed by atoms with E-state index in [1.54, 1.807) is 18.2 Å². The van der Waals surface area contributed by atoms with Crippen LogP contribution >= 0.6 is 11.6 Å². The maximum atomic E-state index is 13.5. The first-order valence-electron chi connectivity index (χ1n) is 4.97. The molecule has 0 heterocycles. The fourth-order valence-corrected chi connectivity index (χ4v) is 1.54. The van der Waals surface area contributed by atoms with Crippen LogP contribution in [0, 0.1) is 5.82 Å². The van der Waals surface area contributed by atoms with Crippen molar-refractivity contribution in [3.05, 3.63) is 40.2 Å². The molecule has 0 aliphatic heterocycles. The Morgan fingerprint density at radius 1 is 1.53 bits per heavy atom. The summed E-state index contributed by atoms with van der Waals surface area (Å²) in [7, 11) is 1.87. The first-order chi connectivity index (χ1) is 7.19. The van der Waals surface area contributed by atoms with Crippen molar-refractivity contribution in [2.24, 2.45) is 0 Å². The summed E-state index contributed by atoms with van der Waals surface area (Å²) in [4.78, 5) is 0. The Bertz CT molecular complexity index is 361. The number of benzene rings is 1. The van der Waals surface area contributed by atoms with Gasteiger partial charge in [0.25, 0.3) is 0 Å². The van der Waals surface area contributed by atoms with Gasteiger partial charge >= 0.3 is 0 Å². The lowest BCUT2D eigenvalue weighted by Crippen LogP contribution is -2.09. The molecule has 0 spiro atoms. The van der Waals surface area contributed by atoms with Gasteiger partial charge in [0.2, 0.25) is 0 Å². The van der Waals surface area contributed by atoms with Gasteiger partial charge in [-0.05, 0) is 19.5 Å². The fourth-order valence-electron chi connectivity index (χ4n) is 1.36. The summed E-state index contributed by atoms with van der Waals surface area (Å²) in [6.07, 6.45) is 2.74. The molecule has 0 fully saturated rings. The molecule has 0 atom stereocenters. The molecule has 0 saturated heterocycles. The Balaban J connectivity index is 3.00. The monoisotopic (exact) mass is 227 g/mol. The number of hydrogen-bond acceptors (Lipinski definition) is 1. The van der Waals surface area contributed by atoms with Gasteiger partial charge in [-0.15, -0.1) is 0 Å². The average molecular weight is 228 g/mol. The summed E-state index contributed by atoms with van der Waals surface area (Å²) < 4.78 is 13.5. The van der Waals surface area contributed by atoms with Gasteiger partial charge in [0.05, 0.1) is 5.02 Å². The first-order valence-corrected chi connectivity index (χ1v) is 5.35. The summed E-state index contributed by atoms with van der Waals surface area (Å²) in [5.74, 6) is -0.346. The van der Waals surface area contributed by atoms with Gasteiger partial charge < -0.3 is 5.32 Å². The molecule has 1 rings (SSSR count). The van der Waals surface area contributed by atoms with Gasteiger partial charge in [-0.25, -0.2) is 4.39 Å². The highest BCUT2D eigenvalue weighted by atomic mass is 35.5. The van der Waals surface area contributed by atoms with Crippen molar-refractivity contribution in [3.8, 4) is 0 Å². The number of halogens is 2. The van der Waals surface area contributed by atoms with Crippen molar-refractivity contribution in [1.82, 2.24) is 5.32 Å². The standard InChI is InChI=1S/C12H15ClFN/c1-3-9(8-15-2)7-10-5-4-6-11(13)12(10)14/h4-7,15H,3,8H2,1-2H3/b9-7-. The minimum atomic E-state index is -0.346. The number of nitrogens with one attached hydrogen (secondary N) is 1. The maximum absolute atomic E-state index is 13.5. The minimum Gasteiger partial charge on any atom is -0.316 e. The van der Waals surface area contributed by atoms with E-state index in [9.17, 15) is 4.39 Å². The molecule has 1 aromatic carbocycles. The van der Waals surface area contributed by atoms with Gasteiger partial charge in [0, 0.05) is 12.1 Å². The van der Waals surface area contributed by atoms with Crippen molar-refractivity contribution in [1.29, 1.82) is 0 Å². The van der Waals surface area contributed by atoms with Crippen molar-refractivity contribution in [2.75, 3.05) is 13.6 Å². The van der Waals surface area contributed by atoms with E-state index in [4.69, 9.17) is 11.6 Å². The van der Waals surface area contributed by atoms with Crippen molar-refractivity contribution in [2.45, 2.75) is 13.3 Å². The van der Waals surface area contributed by atoms with Crippen LogP contribution in [0.1, 0.15) is 18.9 Å². The molecule has 0 aliphatic rings. The Kier molecular flexibility index (Phi) is 4.79. The van der Waals surface area contributed by atoms with E-state index in [-0.39, 0.29) is 10.8 Å². The summed E-state index contributed by atoms with van der Waals surface area (Å²) in [6, 6.07) is 5.04. The van der Waals surface area contributed by atoms with Gasteiger partial charge in [-0.1, -0.05) is 42.3 Å². The van der Waals surface area contributed by atoms with Crippen LogP contribution in [0.3, 0.4) is 0 Å². The molecule has 1 aromatic rings.